The number of carbonyl (C=O) groups is 2. The van der Waals surface area contributed by atoms with Gasteiger partial charge in [0.25, 0.3) is 5.91 Å². The number of amides is 2. The normalized spacial score (nSPS) is 12.4. The van der Waals surface area contributed by atoms with Crippen molar-refractivity contribution < 1.29 is 34.1 Å². The van der Waals surface area contributed by atoms with Crippen LogP contribution in [0.15, 0.2) is 54.6 Å². The molecule has 2 aromatic rings. The molecule has 2 atom stereocenters. The second kappa shape index (κ2) is 13.5. The first-order valence-electron chi connectivity index (χ1n) is 10.5. The molecule has 0 aliphatic heterocycles. The fourth-order valence-electron chi connectivity index (χ4n) is 3.16. The number of rotatable bonds is 11. The smallest absolute Gasteiger partial charge is 0.412 e. The lowest BCUT2D eigenvalue weighted by Gasteiger charge is -2.27. The summed E-state index contributed by atoms with van der Waals surface area (Å²) < 4.78 is 16.6. The van der Waals surface area contributed by atoms with Crippen molar-refractivity contribution in [2.45, 2.75) is 32.0 Å². The first kappa shape index (κ1) is 26.2. The number of phenols is 1. The van der Waals surface area contributed by atoms with Gasteiger partial charge in [0.05, 0.1) is 24.8 Å². The van der Waals surface area contributed by atoms with Crippen molar-refractivity contribution in [2.24, 2.45) is 0 Å². The highest BCUT2D eigenvalue weighted by Crippen LogP contribution is 2.34. The van der Waals surface area contributed by atoms with Gasteiger partial charge in [-0.05, 0) is 61.7 Å². The molecule has 0 radical (unpaired) electrons. The molecule has 2 rings (SSSR count). The number of hydrogen-bond acceptors (Lipinski definition) is 8. The first-order valence-corrected chi connectivity index (χ1v) is 10.5. The van der Waals surface area contributed by atoms with Crippen molar-refractivity contribution in [1.29, 1.82) is 5.26 Å². The van der Waals surface area contributed by atoms with Crippen LogP contribution < -0.4 is 15.5 Å². The lowest BCUT2D eigenvalue weighted by Crippen LogP contribution is -2.29. The molecule has 0 saturated carbocycles. The molecule has 0 heterocycles. The number of aromatic hydroxyl groups is 1. The number of phenolic OH excluding ortho intramolecular Hbond substituents is 1. The fraction of sp³-hybridized carbons (Fsp3) is 0.292. The second-order valence-electron chi connectivity index (χ2n) is 7.02. The molecule has 0 fully saturated rings. The predicted molar refractivity (Wildman–Crippen MR) is 122 cm³/mol. The largest absolute Gasteiger partial charge is 0.504 e. The van der Waals surface area contributed by atoms with E-state index in [9.17, 15) is 14.7 Å². The monoisotopic (exact) mass is 469 g/mol. The van der Waals surface area contributed by atoms with Gasteiger partial charge in [-0.25, -0.2) is 10.3 Å². The van der Waals surface area contributed by atoms with Gasteiger partial charge in [-0.2, -0.15) is 5.26 Å². The standard InChI is InChI=1S/C24H27N3O7/c1-3-33-21(6-4-5-7-22(29)27-31)23(17-10-13-20(32-2)19(28)14-17)34-24(30)26-18-11-8-16(15-25)9-12-18/h5,7-14,21,23,28,31H,3-4,6H2,1-2H3,(H,26,30)(H,27,29)/b7-5+/t21-,23-/m1/s1. The Morgan fingerprint density at radius 3 is 2.53 bits per heavy atom. The number of nitrogens with zero attached hydrogens (tertiary/aromatic N) is 1. The van der Waals surface area contributed by atoms with Crippen LogP contribution in [-0.2, 0) is 14.3 Å². The summed E-state index contributed by atoms with van der Waals surface area (Å²) in [4.78, 5) is 23.9. The van der Waals surface area contributed by atoms with Gasteiger partial charge in [-0.15, -0.1) is 0 Å². The van der Waals surface area contributed by atoms with E-state index in [1.807, 2.05) is 6.07 Å². The maximum Gasteiger partial charge on any atom is 0.412 e. The number of anilines is 1. The minimum Gasteiger partial charge on any atom is -0.504 e. The Labute approximate surface area is 197 Å². The number of hydroxylamine groups is 1. The average molecular weight is 469 g/mol. The van der Waals surface area contributed by atoms with E-state index in [2.05, 4.69) is 5.32 Å². The van der Waals surface area contributed by atoms with Gasteiger partial charge < -0.3 is 19.3 Å². The van der Waals surface area contributed by atoms with Gasteiger partial charge in [0, 0.05) is 18.4 Å². The van der Waals surface area contributed by atoms with Gasteiger partial charge in [0.15, 0.2) is 17.6 Å². The summed E-state index contributed by atoms with van der Waals surface area (Å²) in [5.41, 5.74) is 2.87. The minimum atomic E-state index is -0.907. The molecule has 0 spiro atoms. The van der Waals surface area contributed by atoms with Crippen molar-refractivity contribution in [3.05, 3.63) is 65.7 Å². The minimum absolute atomic E-state index is 0.129. The van der Waals surface area contributed by atoms with Crippen LogP contribution in [0.3, 0.4) is 0 Å². The average Bonchev–Trinajstić information content (AvgIpc) is 2.84. The summed E-state index contributed by atoms with van der Waals surface area (Å²) in [5.74, 6) is -0.533. The van der Waals surface area contributed by atoms with E-state index >= 15 is 0 Å². The quantitative estimate of drug-likeness (QED) is 0.220. The molecule has 0 unspecified atom stereocenters. The summed E-state index contributed by atoms with van der Waals surface area (Å²) in [5, 5.41) is 30.4. The Kier molecular flexibility index (Phi) is 10.4. The zero-order chi connectivity index (χ0) is 24.9. The number of nitrogens with one attached hydrogen (secondary N) is 2. The zero-order valence-electron chi connectivity index (χ0n) is 18.9. The van der Waals surface area contributed by atoms with Crippen LogP contribution in [-0.4, -0.2) is 42.1 Å². The molecular weight excluding hydrogens is 442 g/mol. The van der Waals surface area contributed by atoms with E-state index in [0.29, 0.717) is 36.3 Å². The maximum absolute atomic E-state index is 12.7. The van der Waals surface area contributed by atoms with Gasteiger partial charge >= 0.3 is 6.09 Å². The van der Waals surface area contributed by atoms with E-state index < -0.39 is 24.2 Å². The lowest BCUT2D eigenvalue weighted by molar-refractivity contribution is -0.124. The summed E-state index contributed by atoms with van der Waals surface area (Å²) in [6.07, 6.45) is 1.20. The zero-order valence-corrected chi connectivity index (χ0v) is 18.9. The fourth-order valence-corrected chi connectivity index (χ4v) is 3.16. The number of methoxy groups -OCH3 is 1. The SMILES string of the molecule is CCO[C@H](CC/C=C/C(=O)NO)[C@H](OC(=O)Nc1ccc(C#N)cc1)c1ccc(OC)c(O)c1. The third-order valence-electron chi connectivity index (χ3n) is 4.74. The molecule has 0 aliphatic rings. The molecule has 34 heavy (non-hydrogen) atoms. The third-order valence-corrected chi connectivity index (χ3v) is 4.74. The van der Waals surface area contributed by atoms with Crippen molar-refractivity contribution in [3.8, 4) is 17.6 Å². The van der Waals surface area contributed by atoms with Crippen LogP contribution in [0, 0.1) is 11.3 Å². The summed E-state index contributed by atoms with van der Waals surface area (Å²) >= 11 is 0. The molecule has 2 aromatic carbocycles. The number of benzene rings is 2. The number of carbonyl (C=O) groups excluding carboxylic acids is 2. The molecule has 0 bridgehead atoms. The van der Waals surface area contributed by atoms with Crippen molar-refractivity contribution in [2.75, 3.05) is 19.0 Å². The molecule has 0 aliphatic carbocycles. The highest BCUT2D eigenvalue weighted by atomic mass is 16.6. The predicted octanol–water partition coefficient (Wildman–Crippen LogP) is 3.81. The van der Waals surface area contributed by atoms with Crippen LogP contribution >= 0.6 is 0 Å². The van der Waals surface area contributed by atoms with Gasteiger partial charge in [-0.3, -0.25) is 15.3 Å². The van der Waals surface area contributed by atoms with Crippen molar-refractivity contribution >= 4 is 17.7 Å². The number of nitriles is 1. The van der Waals surface area contributed by atoms with Gasteiger partial charge in [0.1, 0.15) is 0 Å². The lowest BCUT2D eigenvalue weighted by atomic mass is 9.99. The highest BCUT2D eigenvalue weighted by molar-refractivity contribution is 5.86. The Hall–Kier alpha value is -4.07. The summed E-state index contributed by atoms with van der Waals surface area (Å²) in [6.45, 7) is 2.12. The Morgan fingerprint density at radius 1 is 1.21 bits per heavy atom. The van der Waals surface area contributed by atoms with E-state index in [1.165, 1.54) is 24.7 Å². The Morgan fingerprint density at radius 2 is 1.94 bits per heavy atom. The molecule has 10 nitrogen and oxygen atoms in total. The third kappa shape index (κ3) is 7.81. The van der Waals surface area contributed by atoms with Gasteiger partial charge in [0.2, 0.25) is 0 Å². The van der Waals surface area contributed by atoms with E-state index in [-0.39, 0.29) is 11.5 Å². The van der Waals surface area contributed by atoms with Gasteiger partial charge in [-0.1, -0.05) is 12.1 Å². The van der Waals surface area contributed by atoms with Crippen molar-refractivity contribution in [3.63, 3.8) is 0 Å². The summed E-state index contributed by atoms with van der Waals surface area (Å²) in [6, 6.07) is 12.9. The van der Waals surface area contributed by atoms with Crippen LogP contribution in [0.2, 0.25) is 0 Å². The first-order chi connectivity index (χ1) is 16.4. The Balaban J connectivity index is 2.26. The number of allylic oxidation sites excluding steroid dienone is 1. The molecule has 0 aromatic heterocycles. The van der Waals surface area contributed by atoms with Crippen LogP contribution in [0.25, 0.3) is 0 Å². The molecule has 10 heteroatoms. The van der Waals surface area contributed by atoms with Crippen LogP contribution in [0.5, 0.6) is 11.5 Å². The van der Waals surface area contributed by atoms with E-state index in [0.717, 1.165) is 0 Å². The molecule has 4 N–H and O–H groups in total. The molecular formula is C24H27N3O7. The van der Waals surface area contributed by atoms with Crippen molar-refractivity contribution in [1.82, 2.24) is 5.48 Å². The topological polar surface area (TPSA) is 150 Å². The van der Waals surface area contributed by atoms with E-state index in [4.69, 9.17) is 24.7 Å². The maximum atomic E-state index is 12.7. The molecule has 0 saturated heterocycles. The van der Waals surface area contributed by atoms with E-state index in [1.54, 1.807) is 49.4 Å². The number of hydrogen-bond donors (Lipinski definition) is 4. The molecule has 180 valence electrons. The summed E-state index contributed by atoms with van der Waals surface area (Å²) in [7, 11) is 1.42. The Bertz CT molecular complexity index is 1030. The highest BCUT2D eigenvalue weighted by Gasteiger charge is 2.28. The van der Waals surface area contributed by atoms with Crippen LogP contribution in [0.1, 0.15) is 37.0 Å². The second-order valence-corrected chi connectivity index (χ2v) is 7.02. The molecule has 2 amide bonds. The number of ether oxygens (including phenoxy) is 3. The van der Waals surface area contributed by atoms with Crippen LogP contribution in [0.4, 0.5) is 10.5 Å².